The van der Waals surface area contributed by atoms with E-state index in [0.717, 1.165) is 11.1 Å². The van der Waals surface area contributed by atoms with Crippen molar-refractivity contribution in [3.05, 3.63) is 132 Å². The topological polar surface area (TPSA) is 71.1 Å². The molecule has 0 aromatic heterocycles. The van der Waals surface area contributed by atoms with Crippen LogP contribution in [0, 0.1) is 13.8 Å². The fourth-order valence-electron chi connectivity index (χ4n) is 3.56. The third-order valence-electron chi connectivity index (χ3n) is 5.47. The van der Waals surface area contributed by atoms with Crippen LogP contribution in [0.2, 0.25) is 0 Å². The molecule has 0 N–H and O–H groups in total. The first-order chi connectivity index (χ1) is 20.4. The molecule has 0 saturated heterocycles. The molecular formula is C33H31O6P3. The van der Waals surface area contributed by atoms with Crippen LogP contribution < -0.4 is 29.3 Å². The van der Waals surface area contributed by atoms with Gasteiger partial charge in [-0.05, 0) is 74.5 Å². The summed E-state index contributed by atoms with van der Waals surface area (Å²) in [5.74, 6) is 3.99. The SMILES string of the molecule is COc1cccc(P=O)c1.Cc1cccc(C)c1.O=Pc1cccc(Oc2cccc(Oc3cccc(OP)c3)c2)c1. The number of hydrogen-bond donors (Lipinski definition) is 0. The Bertz CT molecular complexity index is 1570. The Kier molecular flexibility index (Phi) is 13.7. The lowest BCUT2D eigenvalue weighted by atomic mass is 10.2. The molecule has 0 heterocycles. The average molecular weight is 617 g/mol. The normalized spacial score (nSPS) is 10.0. The average Bonchev–Trinajstić information content (AvgIpc) is 3.02. The highest BCUT2D eigenvalue weighted by atomic mass is 31.1. The molecule has 9 heteroatoms. The van der Waals surface area contributed by atoms with E-state index in [1.165, 1.54) is 11.1 Å². The second-order valence-electron chi connectivity index (χ2n) is 8.81. The maximum absolute atomic E-state index is 10.9. The lowest BCUT2D eigenvalue weighted by Crippen LogP contribution is -1.92. The Morgan fingerprint density at radius 2 is 0.881 bits per heavy atom. The van der Waals surface area contributed by atoms with Crippen LogP contribution in [-0.4, -0.2) is 7.11 Å². The second-order valence-corrected chi connectivity index (χ2v) is 10.4. The molecule has 1 atom stereocenters. The summed E-state index contributed by atoms with van der Waals surface area (Å²) in [5.41, 5.74) is 2.68. The quantitative estimate of drug-likeness (QED) is 0.162. The van der Waals surface area contributed by atoms with Gasteiger partial charge in [0.15, 0.2) is 16.9 Å². The molecule has 5 aromatic rings. The molecule has 0 aliphatic carbocycles. The van der Waals surface area contributed by atoms with E-state index < -0.39 is 0 Å². The van der Waals surface area contributed by atoms with Crippen LogP contribution in [0.5, 0.6) is 34.5 Å². The summed E-state index contributed by atoms with van der Waals surface area (Å²) in [6.07, 6.45) is 0. The van der Waals surface area contributed by atoms with Crippen LogP contribution in [0.1, 0.15) is 11.1 Å². The first-order valence-corrected chi connectivity index (χ1v) is 14.9. The zero-order chi connectivity index (χ0) is 30.2. The van der Waals surface area contributed by atoms with Gasteiger partial charge in [-0.2, -0.15) is 0 Å². The van der Waals surface area contributed by atoms with Gasteiger partial charge < -0.3 is 18.7 Å². The Balaban J connectivity index is 0.000000219. The fourth-order valence-corrected chi connectivity index (χ4v) is 4.36. The van der Waals surface area contributed by atoms with Crippen molar-refractivity contribution in [3.63, 3.8) is 0 Å². The van der Waals surface area contributed by atoms with Crippen LogP contribution >= 0.6 is 26.4 Å². The third-order valence-corrected chi connectivity index (χ3v) is 6.72. The number of rotatable bonds is 8. The first-order valence-electron chi connectivity index (χ1n) is 12.8. The number of benzene rings is 5. The number of methoxy groups -OCH3 is 1. The van der Waals surface area contributed by atoms with Crippen LogP contribution in [-0.2, 0) is 9.13 Å². The summed E-state index contributed by atoms with van der Waals surface area (Å²) >= 11 is 0. The monoisotopic (exact) mass is 616 g/mol. The molecule has 5 aromatic carbocycles. The van der Waals surface area contributed by atoms with E-state index in [9.17, 15) is 9.13 Å². The minimum absolute atomic E-state index is 0.0339. The Morgan fingerprint density at radius 3 is 1.31 bits per heavy atom. The molecule has 0 aliphatic heterocycles. The first kappa shape index (κ1) is 32.4. The van der Waals surface area contributed by atoms with Crippen molar-refractivity contribution in [1.29, 1.82) is 0 Å². The van der Waals surface area contributed by atoms with Crippen LogP contribution in [0.3, 0.4) is 0 Å². The highest BCUT2D eigenvalue weighted by Crippen LogP contribution is 2.30. The van der Waals surface area contributed by atoms with Crippen molar-refractivity contribution in [2.75, 3.05) is 7.11 Å². The van der Waals surface area contributed by atoms with Gasteiger partial charge in [0.2, 0.25) is 0 Å². The van der Waals surface area contributed by atoms with Gasteiger partial charge in [0.1, 0.15) is 34.5 Å². The number of aryl methyl sites for hydroxylation is 2. The van der Waals surface area contributed by atoms with Gasteiger partial charge in [-0.15, -0.1) is 0 Å². The Morgan fingerprint density at radius 1 is 0.500 bits per heavy atom. The van der Waals surface area contributed by atoms with Gasteiger partial charge >= 0.3 is 0 Å². The van der Waals surface area contributed by atoms with Crippen molar-refractivity contribution in [2.45, 2.75) is 13.8 Å². The van der Waals surface area contributed by atoms with E-state index >= 15 is 0 Å². The van der Waals surface area contributed by atoms with E-state index in [0.29, 0.717) is 34.1 Å². The van der Waals surface area contributed by atoms with Crippen molar-refractivity contribution in [1.82, 2.24) is 0 Å². The molecule has 0 bridgehead atoms. The molecule has 0 amide bonds. The van der Waals surface area contributed by atoms with Gasteiger partial charge in [0.25, 0.3) is 0 Å². The second kappa shape index (κ2) is 17.7. The highest BCUT2D eigenvalue weighted by Gasteiger charge is 2.04. The molecule has 0 fully saturated rings. The molecule has 5 rings (SSSR count). The van der Waals surface area contributed by atoms with Gasteiger partial charge in [0, 0.05) is 22.7 Å². The smallest absolute Gasteiger partial charge is 0.192 e. The zero-order valence-corrected chi connectivity index (χ0v) is 26.4. The van der Waals surface area contributed by atoms with Gasteiger partial charge in [-0.1, -0.05) is 59.7 Å². The molecule has 0 spiro atoms. The molecular weight excluding hydrogens is 585 g/mol. The molecule has 42 heavy (non-hydrogen) atoms. The van der Waals surface area contributed by atoms with Crippen LogP contribution in [0.4, 0.5) is 0 Å². The molecule has 0 radical (unpaired) electrons. The minimum Gasteiger partial charge on any atom is -0.497 e. The van der Waals surface area contributed by atoms with E-state index in [1.54, 1.807) is 55.6 Å². The maximum Gasteiger partial charge on any atom is 0.192 e. The van der Waals surface area contributed by atoms with E-state index in [4.69, 9.17) is 18.7 Å². The van der Waals surface area contributed by atoms with Crippen molar-refractivity contribution in [2.24, 2.45) is 0 Å². The molecule has 214 valence electrons. The predicted octanol–water partition coefficient (Wildman–Crippen LogP) is 9.27. The Hall–Kier alpha value is -4.07. The van der Waals surface area contributed by atoms with Crippen molar-refractivity contribution < 1.29 is 27.9 Å². The van der Waals surface area contributed by atoms with Gasteiger partial charge in [0.05, 0.1) is 16.6 Å². The summed E-state index contributed by atoms with van der Waals surface area (Å²) < 4.78 is 42.9. The van der Waals surface area contributed by atoms with Crippen molar-refractivity contribution >= 4 is 37.0 Å². The summed E-state index contributed by atoms with van der Waals surface area (Å²) in [5, 5.41) is 1.40. The third kappa shape index (κ3) is 11.4. The lowest BCUT2D eigenvalue weighted by molar-refractivity contribution is 0.415. The van der Waals surface area contributed by atoms with Crippen LogP contribution in [0.15, 0.2) is 121 Å². The van der Waals surface area contributed by atoms with E-state index in [1.807, 2.05) is 48.5 Å². The van der Waals surface area contributed by atoms with Crippen molar-refractivity contribution in [3.8, 4) is 34.5 Å². The largest absolute Gasteiger partial charge is 0.497 e. The Labute approximate surface area is 252 Å². The molecule has 6 nitrogen and oxygen atoms in total. The number of ether oxygens (including phenoxy) is 3. The summed E-state index contributed by atoms with van der Waals surface area (Å²) in [4.78, 5) is 0. The predicted molar refractivity (Wildman–Crippen MR) is 173 cm³/mol. The molecule has 1 unspecified atom stereocenters. The molecule has 0 aliphatic rings. The van der Waals surface area contributed by atoms with E-state index in [2.05, 4.69) is 47.6 Å². The summed E-state index contributed by atoms with van der Waals surface area (Å²) in [7, 11) is 3.79. The standard InChI is InChI=1S/C18H14O4P2.C8H10.C7H7O2P/c19-24-18-9-3-7-16(12-18)21-14-5-1-4-13(10-14)20-15-6-2-8-17(11-15)22-23;1-7-4-3-5-8(2)6-7;1-9-6-3-2-4-7(5-6)10-8/h1-12H,23H2;3-6H,1-2H3;2-5H,1H3. The zero-order valence-electron chi connectivity index (χ0n) is 23.5. The molecule has 0 saturated carbocycles. The lowest BCUT2D eigenvalue weighted by Gasteiger charge is -2.10. The number of hydrogen-bond acceptors (Lipinski definition) is 6. The van der Waals surface area contributed by atoms with Gasteiger partial charge in [-0.3, -0.25) is 9.13 Å². The van der Waals surface area contributed by atoms with Crippen LogP contribution in [0.25, 0.3) is 0 Å². The van der Waals surface area contributed by atoms with Gasteiger partial charge in [-0.25, -0.2) is 0 Å². The van der Waals surface area contributed by atoms with E-state index in [-0.39, 0.29) is 16.9 Å². The maximum atomic E-state index is 10.9. The minimum atomic E-state index is -0.0350. The fraction of sp³-hybridized carbons (Fsp3) is 0.0909. The highest BCUT2D eigenvalue weighted by molar-refractivity contribution is 7.34. The summed E-state index contributed by atoms with van der Waals surface area (Å²) in [6, 6.07) is 37.3. The summed E-state index contributed by atoms with van der Waals surface area (Å²) in [6.45, 7) is 4.21.